The van der Waals surface area contributed by atoms with Crippen molar-refractivity contribution in [3.63, 3.8) is 0 Å². The van der Waals surface area contributed by atoms with Gasteiger partial charge < -0.3 is 5.73 Å². The Kier molecular flexibility index (Phi) is 5.90. The minimum atomic E-state index is -0.314. The minimum absolute atomic E-state index is 0.149. The summed E-state index contributed by atoms with van der Waals surface area (Å²) in [5, 5.41) is 0. The van der Waals surface area contributed by atoms with Gasteiger partial charge in [-0.1, -0.05) is 57.0 Å². The van der Waals surface area contributed by atoms with Gasteiger partial charge in [-0.2, -0.15) is 0 Å². The monoisotopic (exact) mass is 247 g/mol. The lowest BCUT2D eigenvalue weighted by Gasteiger charge is -2.25. The highest BCUT2D eigenvalue weighted by atomic mass is 16.1. The van der Waals surface area contributed by atoms with Crippen LogP contribution in [0.1, 0.15) is 51.5 Å². The third-order valence-corrected chi connectivity index (χ3v) is 3.68. The first-order chi connectivity index (χ1) is 8.58. The number of hydrogen-bond acceptors (Lipinski definition) is 1. The lowest BCUT2D eigenvalue weighted by molar-refractivity contribution is -0.127. The van der Waals surface area contributed by atoms with E-state index in [4.69, 9.17) is 5.73 Å². The van der Waals surface area contributed by atoms with Crippen LogP contribution in [0.5, 0.6) is 0 Å². The molecular weight excluding hydrogens is 222 g/mol. The lowest BCUT2D eigenvalue weighted by atomic mass is 9.80. The molecule has 0 spiro atoms. The number of aryl methyl sites for hydroxylation is 1. The van der Waals surface area contributed by atoms with Gasteiger partial charge in [-0.3, -0.25) is 4.79 Å². The third-order valence-electron chi connectivity index (χ3n) is 3.68. The fourth-order valence-electron chi connectivity index (χ4n) is 2.41. The number of unbranched alkanes of at least 4 members (excludes halogenated alkanes) is 1. The zero-order valence-electron chi connectivity index (χ0n) is 11.6. The molecule has 100 valence electrons. The lowest BCUT2D eigenvalue weighted by Crippen LogP contribution is -2.34. The molecule has 1 rings (SSSR count). The number of carbonyl (C=O) groups is 1. The topological polar surface area (TPSA) is 43.1 Å². The van der Waals surface area contributed by atoms with Gasteiger partial charge >= 0.3 is 0 Å². The average Bonchev–Trinajstić information content (AvgIpc) is 2.36. The van der Waals surface area contributed by atoms with Crippen LogP contribution in [0.2, 0.25) is 0 Å². The SMILES string of the molecule is CCCC(C)(CCCCc1ccccc1)C(N)=O. The van der Waals surface area contributed by atoms with Crippen molar-refractivity contribution in [2.24, 2.45) is 11.1 Å². The van der Waals surface area contributed by atoms with Crippen LogP contribution in [0.15, 0.2) is 30.3 Å². The molecule has 0 aliphatic carbocycles. The van der Waals surface area contributed by atoms with Crippen LogP contribution >= 0.6 is 0 Å². The highest BCUT2D eigenvalue weighted by molar-refractivity contribution is 5.80. The van der Waals surface area contributed by atoms with E-state index in [0.29, 0.717) is 0 Å². The van der Waals surface area contributed by atoms with Crippen molar-refractivity contribution >= 4 is 5.91 Å². The molecule has 0 bridgehead atoms. The maximum Gasteiger partial charge on any atom is 0.223 e. The first kappa shape index (κ1) is 14.7. The fourth-order valence-corrected chi connectivity index (χ4v) is 2.41. The average molecular weight is 247 g/mol. The molecular formula is C16H25NO. The molecule has 0 radical (unpaired) electrons. The molecule has 0 aliphatic heterocycles. The summed E-state index contributed by atoms with van der Waals surface area (Å²) in [4.78, 5) is 11.5. The Morgan fingerprint density at radius 1 is 1.17 bits per heavy atom. The van der Waals surface area contributed by atoms with E-state index in [9.17, 15) is 4.79 Å². The number of hydrogen-bond donors (Lipinski definition) is 1. The molecule has 0 saturated heterocycles. The molecule has 0 aromatic heterocycles. The first-order valence-electron chi connectivity index (χ1n) is 6.92. The van der Waals surface area contributed by atoms with E-state index in [-0.39, 0.29) is 11.3 Å². The quantitative estimate of drug-likeness (QED) is 0.699. The Morgan fingerprint density at radius 3 is 2.39 bits per heavy atom. The molecule has 0 saturated carbocycles. The Hall–Kier alpha value is -1.31. The Labute approximate surface area is 111 Å². The second-order valence-electron chi connectivity index (χ2n) is 5.37. The van der Waals surface area contributed by atoms with E-state index in [2.05, 4.69) is 31.2 Å². The second kappa shape index (κ2) is 7.20. The summed E-state index contributed by atoms with van der Waals surface area (Å²) >= 11 is 0. The normalized spacial score (nSPS) is 14.1. The predicted octanol–water partition coefficient (Wildman–Crippen LogP) is 3.69. The smallest absolute Gasteiger partial charge is 0.223 e. The van der Waals surface area contributed by atoms with Gasteiger partial charge in [0.15, 0.2) is 0 Å². The standard InChI is InChI=1S/C16H25NO/c1-3-12-16(2,15(17)18)13-8-7-11-14-9-5-4-6-10-14/h4-6,9-10H,3,7-8,11-13H2,1-2H3,(H2,17,18). The molecule has 2 heteroatoms. The molecule has 2 N–H and O–H groups in total. The van der Waals surface area contributed by atoms with E-state index in [0.717, 1.165) is 38.5 Å². The number of benzene rings is 1. The largest absolute Gasteiger partial charge is 0.369 e. The molecule has 1 amide bonds. The van der Waals surface area contributed by atoms with Crippen molar-refractivity contribution in [1.82, 2.24) is 0 Å². The van der Waals surface area contributed by atoms with Crippen LogP contribution in [0.25, 0.3) is 0 Å². The molecule has 1 unspecified atom stereocenters. The molecule has 0 fully saturated rings. The highest BCUT2D eigenvalue weighted by Gasteiger charge is 2.28. The van der Waals surface area contributed by atoms with E-state index in [1.807, 2.05) is 13.0 Å². The summed E-state index contributed by atoms with van der Waals surface area (Å²) in [6.07, 6.45) is 6.08. The van der Waals surface area contributed by atoms with Crippen LogP contribution < -0.4 is 5.73 Å². The zero-order chi connectivity index (χ0) is 13.4. The van der Waals surface area contributed by atoms with Crippen LogP contribution in [0.4, 0.5) is 0 Å². The third kappa shape index (κ3) is 4.52. The molecule has 1 atom stereocenters. The second-order valence-corrected chi connectivity index (χ2v) is 5.37. The predicted molar refractivity (Wildman–Crippen MR) is 76.2 cm³/mol. The van der Waals surface area contributed by atoms with Gasteiger partial charge in [0.1, 0.15) is 0 Å². The van der Waals surface area contributed by atoms with E-state index in [1.165, 1.54) is 5.56 Å². The van der Waals surface area contributed by atoms with Gasteiger partial charge in [0, 0.05) is 5.41 Å². The van der Waals surface area contributed by atoms with Crippen molar-refractivity contribution < 1.29 is 4.79 Å². The molecule has 0 heterocycles. The van der Waals surface area contributed by atoms with Crippen molar-refractivity contribution in [2.45, 2.75) is 52.4 Å². The number of primary amides is 1. The van der Waals surface area contributed by atoms with Gasteiger partial charge in [-0.15, -0.1) is 0 Å². The Bertz CT molecular complexity index is 361. The van der Waals surface area contributed by atoms with Crippen LogP contribution in [0, 0.1) is 5.41 Å². The van der Waals surface area contributed by atoms with Gasteiger partial charge in [0.25, 0.3) is 0 Å². The van der Waals surface area contributed by atoms with Gasteiger partial charge in [0.2, 0.25) is 5.91 Å². The van der Waals surface area contributed by atoms with E-state index < -0.39 is 0 Å². The van der Waals surface area contributed by atoms with Crippen molar-refractivity contribution in [1.29, 1.82) is 0 Å². The summed E-state index contributed by atoms with van der Waals surface area (Å²) in [5.74, 6) is -0.149. The number of rotatable bonds is 8. The number of amides is 1. The van der Waals surface area contributed by atoms with E-state index in [1.54, 1.807) is 0 Å². The first-order valence-corrected chi connectivity index (χ1v) is 6.92. The van der Waals surface area contributed by atoms with Gasteiger partial charge in [0.05, 0.1) is 0 Å². The summed E-state index contributed by atoms with van der Waals surface area (Å²) in [6, 6.07) is 10.5. The van der Waals surface area contributed by atoms with Crippen LogP contribution in [-0.4, -0.2) is 5.91 Å². The van der Waals surface area contributed by atoms with Crippen LogP contribution in [0.3, 0.4) is 0 Å². The molecule has 1 aromatic rings. The fraction of sp³-hybridized carbons (Fsp3) is 0.562. The summed E-state index contributed by atoms with van der Waals surface area (Å²) < 4.78 is 0. The van der Waals surface area contributed by atoms with Gasteiger partial charge in [-0.05, 0) is 31.2 Å². The summed E-state index contributed by atoms with van der Waals surface area (Å²) in [5.41, 5.74) is 6.57. The molecule has 1 aromatic carbocycles. The maximum absolute atomic E-state index is 11.5. The number of nitrogens with two attached hydrogens (primary N) is 1. The van der Waals surface area contributed by atoms with Crippen molar-refractivity contribution in [3.05, 3.63) is 35.9 Å². The Balaban J connectivity index is 2.34. The molecule has 2 nitrogen and oxygen atoms in total. The molecule has 18 heavy (non-hydrogen) atoms. The zero-order valence-corrected chi connectivity index (χ0v) is 11.6. The van der Waals surface area contributed by atoms with E-state index >= 15 is 0 Å². The summed E-state index contributed by atoms with van der Waals surface area (Å²) in [7, 11) is 0. The van der Waals surface area contributed by atoms with Crippen molar-refractivity contribution in [3.8, 4) is 0 Å². The van der Waals surface area contributed by atoms with Crippen LogP contribution in [-0.2, 0) is 11.2 Å². The number of carbonyl (C=O) groups excluding carboxylic acids is 1. The van der Waals surface area contributed by atoms with Crippen molar-refractivity contribution in [2.75, 3.05) is 0 Å². The maximum atomic E-state index is 11.5. The minimum Gasteiger partial charge on any atom is -0.369 e. The van der Waals surface area contributed by atoms with Gasteiger partial charge in [-0.25, -0.2) is 0 Å². The molecule has 0 aliphatic rings. The Morgan fingerprint density at radius 2 is 1.83 bits per heavy atom. The highest BCUT2D eigenvalue weighted by Crippen LogP contribution is 2.29. The summed E-state index contributed by atoms with van der Waals surface area (Å²) in [6.45, 7) is 4.10.